The molecule has 2 aliphatic carbocycles. The van der Waals surface area contributed by atoms with Crippen LogP contribution in [0.25, 0.3) is 0 Å². The molecule has 2 amide bonds. The zero-order chi connectivity index (χ0) is 19.3. The molecular formula is C23H34ClN3O2. The summed E-state index contributed by atoms with van der Waals surface area (Å²) in [5, 5.41) is 6.69. The summed E-state index contributed by atoms with van der Waals surface area (Å²) in [6.07, 6.45) is 10.3. The molecule has 1 saturated heterocycles. The van der Waals surface area contributed by atoms with Crippen molar-refractivity contribution >= 4 is 29.9 Å². The first-order valence-corrected chi connectivity index (χ1v) is 11.1. The maximum atomic E-state index is 12.9. The van der Waals surface area contributed by atoms with Crippen molar-refractivity contribution in [3.8, 4) is 0 Å². The van der Waals surface area contributed by atoms with Gasteiger partial charge in [-0.25, -0.2) is 0 Å². The van der Waals surface area contributed by atoms with Crippen molar-refractivity contribution in [3.05, 3.63) is 29.8 Å². The molecule has 1 aliphatic heterocycles. The third kappa shape index (κ3) is 6.19. The Balaban J connectivity index is 0.00000240. The van der Waals surface area contributed by atoms with E-state index in [2.05, 4.69) is 10.6 Å². The van der Waals surface area contributed by atoms with Gasteiger partial charge in [0, 0.05) is 36.3 Å². The molecule has 4 rings (SSSR count). The Morgan fingerprint density at radius 2 is 1.69 bits per heavy atom. The van der Waals surface area contributed by atoms with E-state index < -0.39 is 0 Å². The quantitative estimate of drug-likeness (QED) is 0.725. The minimum atomic E-state index is 0. The van der Waals surface area contributed by atoms with Crippen LogP contribution in [0.15, 0.2) is 24.3 Å². The van der Waals surface area contributed by atoms with Gasteiger partial charge in [-0.3, -0.25) is 9.59 Å². The number of nitrogens with one attached hydrogen (secondary N) is 2. The molecule has 29 heavy (non-hydrogen) atoms. The zero-order valence-corrected chi connectivity index (χ0v) is 18.0. The number of likely N-dealkylation sites (tertiary alicyclic amines) is 1. The largest absolute Gasteiger partial charge is 0.339 e. The second kappa shape index (κ2) is 10.4. The van der Waals surface area contributed by atoms with Crippen molar-refractivity contribution in [1.82, 2.24) is 10.2 Å². The Morgan fingerprint density at radius 1 is 0.966 bits per heavy atom. The van der Waals surface area contributed by atoms with E-state index in [1.165, 1.54) is 19.3 Å². The summed E-state index contributed by atoms with van der Waals surface area (Å²) in [6.45, 7) is 2.75. The topological polar surface area (TPSA) is 61.4 Å². The van der Waals surface area contributed by atoms with Crippen molar-refractivity contribution in [1.29, 1.82) is 0 Å². The molecule has 0 spiro atoms. The highest BCUT2D eigenvalue weighted by atomic mass is 35.5. The lowest BCUT2D eigenvalue weighted by atomic mass is 9.88. The predicted octanol–water partition coefficient (Wildman–Crippen LogP) is 4.23. The van der Waals surface area contributed by atoms with Gasteiger partial charge in [0.15, 0.2) is 0 Å². The number of amides is 2. The van der Waals surface area contributed by atoms with E-state index in [9.17, 15) is 9.59 Å². The number of hydrogen-bond donors (Lipinski definition) is 2. The van der Waals surface area contributed by atoms with E-state index in [0.717, 1.165) is 69.8 Å². The van der Waals surface area contributed by atoms with E-state index in [0.29, 0.717) is 11.6 Å². The molecule has 6 heteroatoms. The van der Waals surface area contributed by atoms with E-state index >= 15 is 0 Å². The van der Waals surface area contributed by atoms with Gasteiger partial charge in [0.2, 0.25) is 5.91 Å². The fourth-order valence-electron chi connectivity index (χ4n) is 4.46. The summed E-state index contributed by atoms with van der Waals surface area (Å²) < 4.78 is 0. The first-order valence-electron chi connectivity index (χ1n) is 11.1. The lowest BCUT2D eigenvalue weighted by Crippen LogP contribution is -2.45. The van der Waals surface area contributed by atoms with Crippen molar-refractivity contribution in [3.63, 3.8) is 0 Å². The van der Waals surface area contributed by atoms with Gasteiger partial charge in [-0.05, 0) is 69.2 Å². The van der Waals surface area contributed by atoms with Crippen LogP contribution in [-0.2, 0) is 4.79 Å². The van der Waals surface area contributed by atoms with Gasteiger partial charge in [-0.2, -0.15) is 0 Å². The van der Waals surface area contributed by atoms with Crippen LogP contribution in [0.4, 0.5) is 5.69 Å². The Hall–Kier alpha value is -1.59. The van der Waals surface area contributed by atoms with Crippen LogP contribution >= 0.6 is 12.4 Å². The second-order valence-corrected chi connectivity index (χ2v) is 8.82. The van der Waals surface area contributed by atoms with Gasteiger partial charge < -0.3 is 15.5 Å². The van der Waals surface area contributed by atoms with E-state index in [1.54, 1.807) is 0 Å². The van der Waals surface area contributed by atoms with E-state index in [-0.39, 0.29) is 30.1 Å². The fraction of sp³-hybridized carbons (Fsp3) is 0.652. The first-order chi connectivity index (χ1) is 13.7. The van der Waals surface area contributed by atoms with E-state index in [4.69, 9.17) is 0 Å². The molecule has 2 saturated carbocycles. The average Bonchev–Trinajstić information content (AvgIpc) is 3.57. The number of rotatable bonds is 6. The molecule has 0 radical (unpaired) electrons. The number of piperidine rings is 1. The van der Waals surface area contributed by atoms with Crippen molar-refractivity contribution in [2.45, 2.75) is 63.8 Å². The molecule has 1 aromatic rings. The van der Waals surface area contributed by atoms with E-state index in [1.807, 2.05) is 29.2 Å². The summed E-state index contributed by atoms with van der Waals surface area (Å²) in [4.78, 5) is 27.4. The Labute approximate surface area is 180 Å². The maximum Gasteiger partial charge on any atom is 0.253 e. The lowest BCUT2D eigenvalue weighted by molar-refractivity contribution is -0.120. The molecule has 3 aliphatic rings. The zero-order valence-electron chi connectivity index (χ0n) is 17.2. The highest BCUT2D eigenvalue weighted by Crippen LogP contribution is 2.28. The molecule has 1 heterocycles. The Morgan fingerprint density at radius 3 is 2.38 bits per heavy atom. The highest BCUT2D eigenvalue weighted by Gasteiger charge is 2.27. The molecule has 0 unspecified atom stereocenters. The smallest absolute Gasteiger partial charge is 0.253 e. The van der Waals surface area contributed by atoms with Crippen LogP contribution in [-0.4, -0.2) is 42.4 Å². The number of carbonyl (C=O) groups excluding carboxylic acids is 2. The minimum Gasteiger partial charge on any atom is -0.339 e. The fourth-order valence-corrected chi connectivity index (χ4v) is 4.46. The van der Waals surface area contributed by atoms with Gasteiger partial charge in [-0.15, -0.1) is 12.4 Å². The summed E-state index contributed by atoms with van der Waals surface area (Å²) in [6, 6.07) is 7.99. The van der Waals surface area contributed by atoms with Crippen LogP contribution in [0.3, 0.4) is 0 Å². The second-order valence-electron chi connectivity index (χ2n) is 8.82. The van der Waals surface area contributed by atoms with Crippen LogP contribution < -0.4 is 10.6 Å². The number of carbonyl (C=O) groups is 2. The maximum absolute atomic E-state index is 12.9. The van der Waals surface area contributed by atoms with Crippen LogP contribution in [0.1, 0.15) is 68.1 Å². The molecule has 0 aromatic heterocycles. The third-order valence-electron chi connectivity index (χ3n) is 6.53. The normalized spacial score (nSPS) is 20.8. The van der Waals surface area contributed by atoms with Gasteiger partial charge in [-0.1, -0.05) is 25.3 Å². The minimum absolute atomic E-state index is 0. The Bertz CT molecular complexity index is 693. The SMILES string of the molecule is Cl.O=C(Nc1cccc(C(=O)N2CCC(NCC3CC3)CC2)c1)C1CCCCC1. The molecule has 0 bridgehead atoms. The predicted molar refractivity (Wildman–Crippen MR) is 119 cm³/mol. The third-order valence-corrected chi connectivity index (χ3v) is 6.53. The summed E-state index contributed by atoms with van der Waals surface area (Å²) in [5.41, 5.74) is 1.41. The van der Waals surface area contributed by atoms with Gasteiger partial charge in [0.25, 0.3) is 5.91 Å². The molecule has 2 N–H and O–H groups in total. The molecule has 5 nitrogen and oxygen atoms in total. The highest BCUT2D eigenvalue weighted by molar-refractivity contribution is 5.97. The summed E-state index contributed by atoms with van der Waals surface area (Å²) >= 11 is 0. The molecule has 160 valence electrons. The van der Waals surface area contributed by atoms with Gasteiger partial charge in [0.1, 0.15) is 0 Å². The van der Waals surface area contributed by atoms with Crippen LogP contribution in [0.2, 0.25) is 0 Å². The molecular weight excluding hydrogens is 386 g/mol. The number of hydrogen-bond acceptors (Lipinski definition) is 3. The van der Waals surface area contributed by atoms with Gasteiger partial charge in [0.05, 0.1) is 0 Å². The van der Waals surface area contributed by atoms with Crippen molar-refractivity contribution < 1.29 is 9.59 Å². The first kappa shape index (κ1) is 22.1. The number of benzene rings is 1. The average molecular weight is 420 g/mol. The van der Waals surface area contributed by atoms with Gasteiger partial charge >= 0.3 is 0 Å². The van der Waals surface area contributed by atoms with Crippen LogP contribution in [0.5, 0.6) is 0 Å². The van der Waals surface area contributed by atoms with Crippen molar-refractivity contribution in [2.75, 3.05) is 25.0 Å². The van der Waals surface area contributed by atoms with Crippen LogP contribution in [0, 0.1) is 11.8 Å². The standard InChI is InChI=1S/C23H33N3O2.ClH/c27-22(18-5-2-1-3-6-18)25-21-8-4-7-19(15-21)23(28)26-13-11-20(12-14-26)24-16-17-9-10-17;/h4,7-8,15,17-18,20,24H,1-3,5-6,9-14,16H2,(H,25,27);1H. The lowest BCUT2D eigenvalue weighted by Gasteiger charge is -2.32. The monoisotopic (exact) mass is 419 g/mol. The number of halogens is 1. The summed E-state index contributed by atoms with van der Waals surface area (Å²) in [7, 11) is 0. The summed E-state index contributed by atoms with van der Waals surface area (Å²) in [5.74, 6) is 1.20. The molecule has 0 atom stereocenters. The number of nitrogens with zero attached hydrogens (tertiary/aromatic N) is 1. The molecule has 3 fully saturated rings. The Kier molecular flexibility index (Phi) is 7.96. The van der Waals surface area contributed by atoms with Crippen molar-refractivity contribution in [2.24, 2.45) is 11.8 Å². The molecule has 1 aromatic carbocycles. The number of anilines is 1.